The highest BCUT2D eigenvalue weighted by molar-refractivity contribution is 7.10. The van der Waals surface area contributed by atoms with E-state index in [2.05, 4.69) is 36.7 Å². The summed E-state index contributed by atoms with van der Waals surface area (Å²) in [6.07, 6.45) is 0. The first-order valence-corrected chi connectivity index (χ1v) is 7.94. The largest absolute Gasteiger partial charge is 0.478 e. The van der Waals surface area contributed by atoms with E-state index in [-0.39, 0.29) is 6.61 Å². The van der Waals surface area contributed by atoms with Crippen LogP contribution >= 0.6 is 11.3 Å². The molecule has 3 nitrogen and oxygen atoms in total. The quantitative estimate of drug-likeness (QED) is 0.836. The number of hydrogen-bond acceptors (Lipinski definition) is 4. The highest BCUT2D eigenvalue weighted by Gasteiger charge is 2.16. The van der Waals surface area contributed by atoms with E-state index in [1.54, 1.807) is 11.3 Å². The van der Waals surface area contributed by atoms with E-state index in [4.69, 9.17) is 10.00 Å². The molecule has 21 heavy (non-hydrogen) atoms. The number of para-hydroxylation sites is 1. The van der Waals surface area contributed by atoms with Crippen LogP contribution in [-0.2, 0) is 6.54 Å². The van der Waals surface area contributed by atoms with Gasteiger partial charge in [-0.1, -0.05) is 38.1 Å². The normalized spacial score (nSPS) is 12.1. The molecule has 1 atom stereocenters. The first-order valence-electron chi connectivity index (χ1n) is 7.06. The Bertz CT molecular complexity index is 587. The van der Waals surface area contributed by atoms with Gasteiger partial charge in [-0.3, -0.25) is 0 Å². The summed E-state index contributed by atoms with van der Waals surface area (Å²) >= 11 is 1.78. The lowest BCUT2D eigenvalue weighted by molar-refractivity contribution is 0.357. The maximum Gasteiger partial charge on any atom is 0.174 e. The fourth-order valence-corrected chi connectivity index (χ4v) is 3.23. The molecule has 1 aromatic heterocycles. The summed E-state index contributed by atoms with van der Waals surface area (Å²) in [6.45, 7) is 5.24. The van der Waals surface area contributed by atoms with Crippen molar-refractivity contribution in [2.75, 3.05) is 6.61 Å². The fraction of sp³-hybridized carbons (Fsp3) is 0.353. The van der Waals surface area contributed by atoms with Crippen molar-refractivity contribution >= 4 is 11.3 Å². The highest BCUT2D eigenvalue weighted by Crippen LogP contribution is 2.27. The van der Waals surface area contributed by atoms with E-state index in [0.717, 1.165) is 17.9 Å². The van der Waals surface area contributed by atoms with Gasteiger partial charge in [-0.25, -0.2) is 0 Å². The lowest BCUT2D eigenvalue weighted by Crippen LogP contribution is -2.24. The summed E-state index contributed by atoms with van der Waals surface area (Å²) in [5.41, 5.74) is 1.08. The molecule has 0 aliphatic heterocycles. The first-order chi connectivity index (χ1) is 10.2. The molecule has 0 radical (unpaired) electrons. The Hall–Kier alpha value is -1.83. The van der Waals surface area contributed by atoms with Crippen LogP contribution in [-0.4, -0.2) is 6.61 Å². The van der Waals surface area contributed by atoms with E-state index in [1.807, 2.05) is 30.3 Å². The van der Waals surface area contributed by atoms with E-state index < -0.39 is 0 Å². The van der Waals surface area contributed by atoms with Gasteiger partial charge in [0.15, 0.2) is 6.61 Å². The molecular formula is C17H20N2OS. The fourth-order valence-electron chi connectivity index (χ4n) is 2.25. The van der Waals surface area contributed by atoms with Crippen LogP contribution in [0.15, 0.2) is 41.8 Å². The zero-order valence-electron chi connectivity index (χ0n) is 12.4. The molecule has 110 valence electrons. The number of nitrogens with one attached hydrogen (secondary N) is 1. The lowest BCUT2D eigenvalue weighted by Gasteiger charge is -2.22. The van der Waals surface area contributed by atoms with Crippen LogP contribution in [0.3, 0.4) is 0 Å². The minimum atomic E-state index is 0.0789. The molecule has 1 heterocycles. The Morgan fingerprint density at radius 1 is 1.24 bits per heavy atom. The Balaban J connectivity index is 2.06. The highest BCUT2D eigenvalue weighted by atomic mass is 32.1. The van der Waals surface area contributed by atoms with Crippen LogP contribution in [0.25, 0.3) is 0 Å². The van der Waals surface area contributed by atoms with Crippen LogP contribution in [0.1, 0.15) is 30.3 Å². The van der Waals surface area contributed by atoms with Crippen molar-refractivity contribution in [3.8, 4) is 11.8 Å². The second-order valence-corrected chi connectivity index (χ2v) is 6.15. The van der Waals surface area contributed by atoms with E-state index in [1.165, 1.54) is 4.88 Å². The van der Waals surface area contributed by atoms with Crippen molar-refractivity contribution in [2.45, 2.75) is 26.4 Å². The Kier molecular flexibility index (Phi) is 5.79. The zero-order chi connectivity index (χ0) is 15.1. The topological polar surface area (TPSA) is 45.0 Å². The molecular weight excluding hydrogens is 280 g/mol. The van der Waals surface area contributed by atoms with Gasteiger partial charge in [0.25, 0.3) is 0 Å². The molecule has 0 saturated carbocycles. The van der Waals surface area contributed by atoms with Gasteiger partial charge in [-0.2, -0.15) is 5.26 Å². The predicted molar refractivity (Wildman–Crippen MR) is 86.3 cm³/mol. The predicted octanol–water partition coefficient (Wildman–Crippen LogP) is 4.14. The molecule has 1 unspecified atom stereocenters. The minimum Gasteiger partial charge on any atom is -0.478 e. The van der Waals surface area contributed by atoms with Gasteiger partial charge in [-0.15, -0.1) is 11.3 Å². The molecule has 0 fully saturated rings. The number of ether oxygens (including phenoxy) is 1. The standard InChI is InChI=1S/C17H20N2OS/c1-13(2)17(16-8-5-11-21-16)19-12-14-6-3-4-7-15(14)20-10-9-18/h3-8,11,13,17,19H,10,12H2,1-2H3. The van der Waals surface area contributed by atoms with Crippen molar-refractivity contribution in [3.63, 3.8) is 0 Å². The lowest BCUT2D eigenvalue weighted by atomic mass is 10.0. The monoisotopic (exact) mass is 300 g/mol. The van der Waals surface area contributed by atoms with Crippen molar-refractivity contribution in [1.82, 2.24) is 5.32 Å². The Morgan fingerprint density at radius 3 is 2.71 bits per heavy atom. The Morgan fingerprint density at radius 2 is 2.05 bits per heavy atom. The molecule has 1 N–H and O–H groups in total. The molecule has 2 aromatic rings. The third-order valence-electron chi connectivity index (χ3n) is 3.29. The summed E-state index contributed by atoms with van der Waals surface area (Å²) in [4.78, 5) is 1.35. The second kappa shape index (κ2) is 7.82. The minimum absolute atomic E-state index is 0.0789. The summed E-state index contributed by atoms with van der Waals surface area (Å²) in [5, 5.41) is 14.4. The summed E-state index contributed by atoms with van der Waals surface area (Å²) in [6, 6.07) is 14.4. The number of hydrogen-bond donors (Lipinski definition) is 1. The summed E-state index contributed by atoms with van der Waals surface area (Å²) < 4.78 is 5.47. The average molecular weight is 300 g/mol. The van der Waals surface area contributed by atoms with Crippen LogP contribution in [0.5, 0.6) is 5.75 Å². The molecule has 0 aliphatic carbocycles. The Labute approximate surface area is 130 Å². The number of benzene rings is 1. The number of rotatable bonds is 7. The van der Waals surface area contributed by atoms with Gasteiger partial charge < -0.3 is 10.1 Å². The molecule has 1 aromatic carbocycles. The SMILES string of the molecule is CC(C)C(NCc1ccccc1OCC#N)c1cccs1. The molecule has 4 heteroatoms. The average Bonchev–Trinajstić information content (AvgIpc) is 3.00. The maximum absolute atomic E-state index is 8.65. The summed E-state index contributed by atoms with van der Waals surface area (Å²) in [5.74, 6) is 1.29. The van der Waals surface area contributed by atoms with Crippen LogP contribution < -0.4 is 10.1 Å². The first kappa shape index (κ1) is 15.6. The molecule has 0 bridgehead atoms. The number of nitrogens with zero attached hydrogens (tertiary/aromatic N) is 1. The third-order valence-corrected chi connectivity index (χ3v) is 4.25. The van der Waals surface area contributed by atoms with Gasteiger partial charge in [0, 0.05) is 23.0 Å². The zero-order valence-corrected chi connectivity index (χ0v) is 13.2. The van der Waals surface area contributed by atoms with E-state index in [9.17, 15) is 0 Å². The molecule has 2 rings (SSSR count). The molecule has 0 amide bonds. The molecule has 0 spiro atoms. The van der Waals surface area contributed by atoms with E-state index >= 15 is 0 Å². The second-order valence-electron chi connectivity index (χ2n) is 5.17. The smallest absolute Gasteiger partial charge is 0.174 e. The van der Waals surface area contributed by atoms with E-state index in [0.29, 0.717) is 12.0 Å². The van der Waals surface area contributed by atoms with Crippen LogP contribution in [0.4, 0.5) is 0 Å². The number of thiophene rings is 1. The van der Waals surface area contributed by atoms with Crippen LogP contribution in [0, 0.1) is 17.2 Å². The van der Waals surface area contributed by atoms with Gasteiger partial charge >= 0.3 is 0 Å². The van der Waals surface area contributed by atoms with Crippen molar-refractivity contribution < 1.29 is 4.74 Å². The van der Waals surface area contributed by atoms with Gasteiger partial charge in [0.2, 0.25) is 0 Å². The van der Waals surface area contributed by atoms with Gasteiger partial charge in [0.1, 0.15) is 11.8 Å². The summed E-state index contributed by atoms with van der Waals surface area (Å²) in [7, 11) is 0. The third kappa shape index (κ3) is 4.32. The molecule has 0 saturated heterocycles. The maximum atomic E-state index is 8.65. The van der Waals surface area contributed by atoms with Crippen molar-refractivity contribution in [1.29, 1.82) is 5.26 Å². The number of nitriles is 1. The van der Waals surface area contributed by atoms with Gasteiger partial charge in [0.05, 0.1) is 0 Å². The van der Waals surface area contributed by atoms with Crippen molar-refractivity contribution in [2.24, 2.45) is 5.92 Å². The van der Waals surface area contributed by atoms with Gasteiger partial charge in [-0.05, 0) is 23.4 Å². The van der Waals surface area contributed by atoms with Crippen molar-refractivity contribution in [3.05, 3.63) is 52.2 Å². The molecule has 0 aliphatic rings. The van der Waals surface area contributed by atoms with Crippen LogP contribution in [0.2, 0.25) is 0 Å².